The first-order valence-corrected chi connectivity index (χ1v) is 12.0. The Morgan fingerprint density at radius 3 is 2.69 bits per heavy atom. The van der Waals surface area contributed by atoms with E-state index in [0.29, 0.717) is 12.4 Å². The van der Waals surface area contributed by atoms with E-state index in [-0.39, 0.29) is 24.2 Å². The molecule has 2 rings (SSSR count). The minimum atomic E-state index is -2.61. The van der Waals surface area contributed by atoms with Crippen LogP contribution in [0.25, 0.3) is 0 Å². The van der Waals surface area contributed by atoms with Crippen molar-refractivity contribution in [2.75, 3.05) is 39.3 Å². The second-order valence-corrected chi connectivity index (χ2v) is 9.04. The van der Waals surface area contributed by atoms with Crippen molar-refractivity contribution in [3.8, 4) is 0 Å². The van der Waals surface area contributed by atoms with E-state index < -0.39 is 50.7 Å². The molecule has 0 amide bonds. The number of aliphatic hydroxyl groups is 1. The van der Waals surface area contributed by atoms with Crippen LogP contribution < -0.4 is 11.2 Å². The molecule has 12 nitrogen and oxygen atoms in total. The summed E-state index contributed by atoms with van der Waals surface area (Å²) < 4.78 is 40.2. The third kappa shape index (κ3) is 7.56. The van der Waals surface area contributed by atoms with E-state index in [1.54, 1.807) is 0 Å². The minimum absolute atomic E-state index is 0.0180. The number of aromatic nitrogens is 2. The maximum absolute atomic E-state index is 12.2. The van der Waals surface area contributed by atoms with Gasteiger partial charge in [-0.25, -0.2) is 4.79 Å². The number of rotatable bonds is 13. The molecule has 180 valence electrons. The molecule has 32 heavy (non-hydrogen) atoms. The summed E-state index contributed by atoms with van der Waals surface area (Å²) in [6, 6.07) is 1.14. The Balaban J connectivity index is 1.83. The van der Waals surface area contributed by atoms with Gasteiger partial charge in [0.2, 0.25) is 0 Å². The molecule has 1 aromatic heterocycles. The SMILES string of the molecule is COC1C(O[P+](=O)OCCOCCSC(=O)C(C)C)[C@@H](CO)O[C@H]1n1ccc(=O)[nH]c1=O. The number of carbonyl (C=O) groups is 1. The number of H-pyrrole nitrogens is 1. The quantitative estimate of drug-likeness (QED) is 0.289. The van der Waals surface area contributed by atoms with Gasteiger partial charge in [0.25, 0.3) is 5.56 Å². The number of nitrogens with zero attached hydrogens (tertiary/aromatic N) is 1. The molecule has 1 saturated heterocycles. The number of hydrogen-bond donors (Lipinski definition) is 2. The summed E-state index contributed by atoms with van der Waals surface area (Å²) in [5.74, 6) is 0.475. The summed E-state index contributed by atoms with van der Waals surface area (Å²) in [5, 5.41) is 9.71. The summed E-state index contributed by atoms with van der Waals surface area (Å²) in [6.45, 7) is 3.64. The van der Waals surface area contributed by atoms with Crippen molar-refractivity contribution in [3.63, 3.8) is 0 Å². The molecule has 5 atom stereocenters. The fraction of sp³-hybridized carbons (Fsp3) is 0.722. The number of ether oxygens (including phenoxy) is 3. The Kier molecular flexibility index (Phi) is 11.2. The Labute approximate surface area is 189 Å². The van der Waals surface area contributed by atoms with Gasteiger partial charge in [0.05, 0.1) is 19.8 Å². The second-order valence-electron chi connectivity index (χ2n) is 7.03. The van der Waals surface area contributed by atoms with Gasteiger partial charge in [0, 0.05) is 35.6 Å². The summed E-state index contributed by atoms with van der Waals surface area (Å²) >= 11 is 1.19. The number of aromatic amines is 1. The van der Waals surface area contributed by atoms with E-state index in [1.165, 1.54) is 25.1 Å². The van der Waals surface area contributed by atoms with Crippen LogP contribution in [0.15, 0.2) is 21.9 Å². The molecule has 2 N–H and O–H groups in total. The van der Waals surface area contributed by atoms with Crippen LogP contribution in [0.5, 0.6) is 0 Å². The van der Waals surface area contributed by atoms with Crippen LogP contribution in [-0.2, 0) is 32.6 Å². The van der Waals surface area contributed by atoms with E-state index in [0.717, 1.165) is 10.6 Å². The van der Waals surface area contributed by atoms with Crippen LogP contribution in [0.1, 0.15) is 20.1 Å². The van der Waals surface area contributed by atoms with Crippen molar-refractivity contribution in [1.29, 1.82) is 0 Å². The third-order valence-corrected chi connectivity index (χ3v) is 6.37. The summed E-state index contributed by atoms with van der Waals surface area (Å²) in [7, 11) is -1.26. The van der Waals surface area contributed by atoms with Crippen LogP contribution in [0.2, 0.25) is 0 Å². The summed E-state index contributed by atoms with van der Waals surface area (Å²) in [5.41, 5.74) is -1.30. The number of methoxy groups -OCH3 is 1. The van der Waals surface area contributed by atoms with Crippen molar-refractivity contribution in [3.05, 3.63) is 33.1 Å². The normalized spacial score (nSPS) is 23.6. The van der Waals surface area contributed by atoms with Crippen LogP contribution in [0.3, 0.4) is 0 Å². The minimum Gasteiger partial charge on any atom is -0.394 e. The number of nitrogens with one attached hydrogen (secondary N) is 1. The highest BCUT2D eigenvalue weighted by molar-refractivity contribution is 8.13. The predicted octanol–water partition coefficient (Wildman–Crippen LogP) is 0.433. The molecule has 1 aromatic rings. The average molecular weight is 495 g/mol. The molecule has 0 saturated carbocycles. The number of hydrogen-bond acceptors (Lipinski definition) is 11. The third-order valence-electron chi connectivity index (χ3n) is 4.44. The standard InChI is InChI=1S/C18H27N2O10PS/c1-11(2)17(23)32-9-8-27-6-7-28-31(25)30-14-12(10-21)29-16(15(14)26-3)20-5-4-13(22)19-18(20)24/h4-5,11-12,14-16,21H,6-10H2,1-3H3/p+1/t12-,14?,15?,16-/m1/s1. The highest BCUT2D eigenvalue weighted by Gasteiger charge is 2.51. The number of thioether (sulfide) groups is 1. The first-order valence-electron chi connectivity index (χ1n) is 9.90. The lowest BCUT2D eigenvalue weighted by Gasteiger charge is -2.19. The average Bonchev–Trinajstić information content (AvgIpc) is 3.09. The Bertz CT molecular complexity index is 876. The smallest absolute Gasteiger partial charge is 0.394 e. The van der Waals surface area contributed by atoms with Crippen molar-refractivity contribution in [2.45, 2.75) is 38.4 Å². The maximum Gasteiger partial charge on any atom is 0.697 e. The van der Waals surface area contributed by atoms with Crippen LogP contribution in [-0.4, -0.2) is 77.4 Å². The van der Waals surface area contributed by atoms with Gasteiger partial charge in [-0.2, -0.15) is 0 Å². The molecule has 0 spiro atoms. The highest BCUT2D eigenvalue weighted by Crippen LogP contribution is 2.38. The van der Waals surface area contributed by atoms with Gasteiger partial charge in [-0.1, -0.05) is 25.6 Å². The molecule has 3 unspecified atom stereocenters. The van der Waals surface area contributed by atoms with Crippen LogP contribution in [0.4, 0.5) is 0 Å². The molecule has 0 aromatic carbocycles. The topological polar surface area (TPSA) is 155 Å². The van der Waals surface area contributed by atoms with E-state index in [2.05, 4.69) is 4.98 Å². The molecule has 1 aliphatic rings. The first-order chi connectivity index (χ1) is 15.3. The lowest BCUT2D eigenvalue weighted by atomic mass is 10.1. The highest BCUT2D eigenvalue weighted by atomic mass is 32.2. The lowest BCUT2D eigenvalue weighted by Crippen LogP contribution is -2.39. The maximum atomic E-state index is 12.2. The molecule has 0 aliphatic carbocycles. The Hall–Kier alpha value is -1.44. The zero-order valence-corrected chi connectivity index (χ0v) is 19.7. The number of carbonyl (C=O) groups excluding carboxylic acids is 1. The molecule has 1 fully saturated rings. The van der Waals surface area contributed by atoms with Crippen molar-refractivity contribution in [2.24, 2.45) is 5.92 Å². The van der Waals surface area contributed by atoms with Gasteiger partial charge in [-0.3, -0.25) is 19.1 Å². The van der Waals surface area contributed by atoms with Gasteiger partial charge in [-0.05, 0) is 0 Å². The number of aliphatic hydroxyl groups excluding tert-OH is 1. The zero-order valence-electron chi connectivity index (χ0n) is 18.0. The summed E-state index contributed by atoms with van der Waals surface area (Å²) in [4.78, 5) is 37.0. The van der Waals surface area contributed by atoms with Crippen LogP contribution in [0, 0.1) is 5.92 Å². The second kappa shape index (κ2) is 13.3. The molecule has 2 heterocycles. The fourth-order valence-corrected chi connectivity index (χ4v) is 4.33. The van der Waals surface area contributed by atoms with Gasteiger partial charge in [0.15, 0.2) is 17.4 Å². The lowest BCUT2D eigenvalue weighted by molar-refractivity contribution is -0.113. The van der Waals surface area contributed by atoms with E-state index in [9.17, 15) is 24.1 Å². The molecule has 1 aliphatic heterocycles. The molecule has 14 heteroatoms. The largest absolute Gasteiger partial charge is 0.697 e. The fourth-order valence-electron chi connectivity index (χ4n) is 2.86. The van der Waals surface area contributed by atoms with Gasteiger partial charge >= 0.3 is 13.9 Å². The van der Waals surface area contributed by atoms with E-state index >= 15 is 0 Å². The zero-order chi connectivity index (χ0) is 23.7. The van der Waals surface area contributed by atoms with Crippen LogP contribution >= 0.6 is 20.0 Å². The Morgan fingerprint density at radius 2 is 2.06 bits per heavy atom. The predicted molar refractivity (Wildman–Crippen MR) is 115 cm³/mol. The van der Waals surface area contributed by atoms with Gasteiger partial charge in [0.1, 0.15) is 18.8 Å². The Morgan fingerprint density at radius 1 is 1.31 bits per heavy atom. The molecule has 0 bridgehead atoms. The molecule has 0 radical (unpaired) electrons. The first kappa shape index (κ1) is 26.8. The van der Waals surface area contributed by atoms with Crippen molar-refractivity contribution < 1.29 is 37.7 Å². The van der Waals surface area contributed by atoms with Gasteiger partial charge in [-0.15, -0.1) is 9.05 Å². The summed E-state index contributed by atoms with van der Waals surface area (Å²) in [6.07, 6.45) is -2.65. The van der Waals surface area contributed by atoms with Crippen molar-refractivity contribution >= 4 is 25.1 Å². The van der Waals surface area contributed by atoms with E-state index in [4.69, 9.17) is 23.3 Å². The van der Waals surface area contributed by atoms with E-state index in [1.807, 2.05) is 13.8 Å². The molecular formula is C18H28N2O10PS+. The monoisotopic (exact) mass is 495 g/mol. The molecular weight excluding hydrogens is 467 g/mol. The van der Waals surface area contributed by atoms with Gasteiger partial charge < -0.3 is 19.3 Å². The van der Waals surface area contributed by atoms with Crippen molar-refractivity contribution in [1.82, 2.24) is 9.55 Å².